The number of nitrogens with two attached hydrogens (primary N) is 1. The molecule has 4 N–H and O–H groups in total. The van der Waals surface area contributed by atoms with Crippen molar-refractivity contribution in [3.8, 4) is 0 Å². The van der Waals surface area contributed by atoms with Crippen molar-refractivity contribution in [3.05, 3.63) is 22.1 Å². The van der Waals surface area contributed by atoms with E-state index in [0.29, 0.717) is 0 Å². The lowest BCUT2D eigenvalue weighted by molar-refractivity contribution is 0.257. The van der Waals surface area contributed by atoms with Crippen molar-refractivity contribution in [2.45, 2.75) is 0 Å². The van der Waals surface area contributed by atoms with Crippen molar-refractivity contribution in [2.24, 2.45) is 10.7 Å². The zero-order chi connectivity index (χ0) is 8.27. The lowest BCUT2D eigenvalue weighted by atomic mass is 10.4. The molecule has 0 aliphatic heterocycles. The summed E-state index contributed by atoms with van der Waals surface area (Å²) in [6.07, 6.45) is 2.48. The number of H-pyrrole nitrogens is 2. The van der Waals surface area contributed by atoms with E-state index in [1.165, 1.54) is 6.20 Å². The van der Waals surface area contributed by atoms with Crippen molar-refractivity contribution in [2.75, 3.05) is 0 Å². The predicted molar refractivity (Wildman–Crippen MR) is 38.6 cm³/mol. The number of carbonyl (C=O) groups is 1. The molecule has 0 aromatic carbocycles. The minimum atomic E-state index is -0.828. The highest BCUT2D eigenvalue weighted by atomic mass is 16.2. The Kier molecular flexibility index (Phi) is 1.86. The minimum Gasteiger partial charge on any atom is -0.350 e. The number of primary amides is 1. The molecule has 0 aliphatic carbocycles. The lowest BCUT2D eigenvalue weighted by Crippen LogP contribution is -2.08. The van der Waals surface area contributed by atoms with Crippen LogP contribution in [0.3, 0.4) is 0 Å². The quantitative estimate of drug-likeness (QED) is 0.461. The van der Waals surface area contributed by atoms with Gasteiger partial charge < -0.3 is 10.8 Å². The van der Waals surface area contributed by atoms with Crippen LogP contribution in [0.1, 0.15) is 5.56 Å². The van der Waals surface area contributed by atoms with Crippen LogP contribution in [-0.2, 0) is 0 Å². The smallest absolute Gasteiger partial charge is 0.338 e. The summed E-state index contributed by atoms with van der Waals surface area (Å²) in [5.74, 6) is 0. The third-order valence-corrected chi connectivity index (χ3v) is 1.01. The van der Waals surface area contributed by atoms with Gasteiger partial charge >= 0.3 is 6.03 Å². The number of amides is 2. The Labute approximate surface area is 61.1 Å². The molecule has 11 heavy (non-hydrogen) atoms. The Bertz CT molecular complexity index is 334. The van der Waals surface area contributed by atoms with Crippen molar-refractivity contribution in [3.63, 3.8) is 0 Å². The summed E-state index contributed by atoms with van der Waals surface area (Å²) in [6.45, 7) is 0. The molecule has 1 aromatic rings. The predicted octanol–water partition coefficient (Wildman–Crippen LogP) is -0.799. The first-order chi connectivity index (χ1) is 5.20. The Morgan fingerprint density at radius 3 is 2.91 bits per heavy atom. The molecule has 2 amide bonds. The van der Waals surface area contributed by atoms with Gasteiger partial charge in [0.2, 0.25) is 0 Å². The first-order valence-corrected chi connectivity index (χ1v) is 2.79. The normalized spacial score (nSPS) is 10.5. The van der Waals surface area contributed by atoms with Crippen molar-refractivity contribution < 1.29 is 4.79 Å². The molecule has 58 valence electrons. The number of hydrogen-bond donors (Lipinski definition) is 3. The Hall–Kier alpha value is -1.85. The summed E-state index contributed by atoms with van der Waals surface area (Å²) < 4.78 is 0. The zero-order valence-electron chi connectivity index (χ0n) is 5.50. The molecule has 1 aromatic heterocycles. The van der Waals surface area contributed by atoms with Crippen molar-refractivity contribution in [1.29, 1.82) is 0 Å². The molecule has 0 radical (unpaired) electrons. The summed E-state index contributed by atoms with van der Waals surface area (Å²) in [6, 6.07) is -0.828. The molecule has 1 heterocycles. The molecule has 0 bridgehead atoms. The SMILES string of the molecule is NC(=O)/N=C/c1c[nH][nH]c1=O. The monoisotopic (exact) mass is 154 g/mol. The van der Waals surface area contributed by atoms with Crippen molar-refractivity contribution >= 4 is 12.2 Å². The molecule has 0 saturated heterocycles. The van der Waals surface area contributed by atoms with E-state index in [1.54, 1.807) is 0 Å². The fourth-order valence-electron chi connectivity index (χ4n) is 0.546. The van der Waals surface area contributed by atoms with Gasteiger partial charge in [0.25, 0.3) is 5.56 Å². The molecule has 0 saturated carbocycles. The number of rotatable bonds is 1. The second-order valence-corrected chi connectivity index (χ2v) is 1.79. The van der Waals surface area contributed by atoms with Crippen LogP contribution in [0, 0.1) is 0 Å². The van der Waals surface area contributed by atoms with Crippen LogP contribution in [0.15, 0.2) is 16.0 Å². The number of aromatic amines is 2. The Morgan fingerprint density at radius 1 is 1.73 bits per heavy atom. The van der Waals surface area contributed by atoms with Crippen LogP contribution in [-0.4, -0.2) is 22.4 Å². The first kappa shape index (κ1) is 7.26. The molecular weight excluding hydrogens is 148 g/mol. The van der Waals surface area contributed by atoms with Gasteiger partial charge in [-0.3, -0.25) is 9.89 Å². The lowest BCUT2D eigenvalue weighted by Gasteiger charge is -1.77. The summed E-state index contributed by atoms with van der Waals surface area (Å²) in [7, 11) is 0. The maximum atomic E-state index is 10.7. The number of nitrogens with zero attached hydrogens (tertiary/aromatic N) is 1. The molecule has 0 aliphatic rings. The third-order valence-electron chi connectivity index (χ3n) is 1.01. The number of carbonyl (C=O) groups excluding carboxylic acids is 1. The summed E-state index contributed by atoms with van der Waals surface area (Å²) in [5.41, 5.74) is 4.63. The van der Waals surface area contributed by atoms with Gasteiger partial charge in [-0.1, -0.05) is 0 Å². The molecular formula is C5H6N4O2. The first-order valence-electron chi connectivity index (χ1n) is 2.79. The van der Waals surface area contributed by atoms with E-state index in [1.807, 2.05) is 0 Å². The van der Waals surface area contributed by atoms with Crippen LogP contribution in [0.4, 0.5) is 4.79 Å². The molecule has 6 heteroatoms. The van der Waals surface area contributed by atoms with Crippen LogP contribution in [0.2, 0.25) is 0 Å². The van der Waals surface area contributed by atoms with Gasteiger partial charge in [0.15, 0.2) is 0 Å². The van der Waals surface area contributed by atoms with E-state index >= 15 is 0 Å². The molecule has 6 nitrogen and oxygen atoms in total. The summed E-state index contributed by atoms with van der Waals surface area (Å²) >= 11 is 0. The zero-order valence-corrected chi connectivity index (χ0v) is 5.50. The van der Waals surface area contributed by atoms with E-state index in [-0.39, 0.29) is 11.1 Å². The number of urea groups is 1. The van der Waals surface area contributed by atoms with E-state index < -0.39 is 6.03 Å². The topological polar surface area (TPSA) is 104 Å². The van der Waals surface area contributed by atoms with Gasteiger partial charge in [0.05, 0.1) is 5.56 Å². The van der Waals surface area contributed by atoms with E-state index in [0.717, 1.165) is 6.21 Å². The third kappa shape index (κ3) is 1.78. The number of nitrogens with one attached hydrogen (secondary N) is 2. The second kappa shape index (κ2) is 2.82. The minimum absolute atomic E-state index is 0.267. The highest BCUT2D eigenvalue weighted by molar-refractivity contribution is 5.89. The highest BCUT2D eigenvalue weighted by Crippen LogP contribution is 1.79. The number of hydrogen-bond acceptors (Lipinski definition) is 2. The molecule has 0 unspecified atom stereocenters. The average Bonchev–Trinajstić information content (AvgIpc) is 2.31. The number of aromatic nitrogens is 2. The van der Waals surface area contributed by atoms with E-state index in [4.69, 9.17) is 5.73 Å². The van der Waals surface area contributed by atoms with E-state index in [2.05, 4.69) is 15.2 Å². The van der Waals surface area contributed by atoms with Gasteiger partial charge in [-0.15, -0.1) is 0 Å². The Morgan fingerprint density at radius 2 is 2.45 bits per heavy atom. The molecule has 0 spiro atoms. The maximum Gasteiger partial charge on any atom is 0.338 e. The van der Waals surface area contributed by atoms with Crippen LogP contribution in [0.5, 0.6) is 0 Å². The van der Waals surface area contributed by atoms with Crippen LogP contribution < -0.4 is 11.3 Å². The van der Waals surface area contributed by atoms with Gasteiger partial charge in [-0.2, -0.15) is 0 Å². The molecule has 0 fully saturated rings. The van der Waals surface area contributed by atoms with Crippen molar-refractivity contribution in [1.82, 2.24) is 10.2 Å². The fourth-order valence-corrected chi connectivity index (χ4v) is 0.546. The van der Waals surface area contributed by atoms with Crippen LogP contribution >= 0.6 is 0 Å². The van der Waals surface area contributed by atoms with Gasteiger partial charge in [-0.05, 0) is 0 Å². The largest absolute Gasteiger partial charge is 0.350 e. The number of aliphatic imine (C=N–C) groups is 1. The fraction of sp³-hybridized carbons (Fsp3) is 0. The Balaban J connectivity index is 2.88. The standard InChI is InChI=1S/C5H6N4O2/c6-5(11)7-1-3-2-8-9-4(3)10/h1-2H,(H2,6,11)(H2,8,9,10)/b7-1+. The van der Waals surface area contributed by atoms with Crippen LogP contribution in [0.25, 0.3) is 0 Å². The average molecular weight is 154 g/mol. The summed E-state index contributed by atoms with van der Waals surface area (Å²) in [5, 5.41) is 4.71. The summed E-state index contributed by atoms with van der Waals surface area (Å²) in [4.78, 5) is 24.0. The molecule has 1 rings (SSSR count). The second-order valence-electron chi connectivity index (χ2n) is 1.79. The highest BCUT2D eigenvalue weighted by Gasteiger charge is 1.94. The van der Waals surface area contributed by atoms with E-state index in [9.17, 15) is 9.59 Å². The maximum absolute atomic E-state index is 10.7. The van der Waals surface area contributed by atoms with Gasteiger partial charge in [0.1, 0.15) is 0 Å². The van der Waals surface area contributed by atoms with Gasteiger partial charge in [0, 0.05) is 12.4 Å². The molecule has 0 atom stereocenters. The van der Waals surface area contributed by atoms with Gasteiger partial charge in [-0.25, -0.2) is 9.79 Å².